The van der Waals surface area contributed by atoms with Crippen molar-refractivity contribution < 1.29 is 4.74 Å². The summed E-state index contributed by atoms with van der Waals surface area (Å²) in [4.78, 5) is 0. The number of fused-ring (bicyclic) bond motifs is 1. The van der Waals surface area contributed by atoms with Crippen molar-refractivity contribution in [3.8, 4) is 10.6 Å². The summed E-state index contributed by atoms with van der Waals surface area (Å²) in [6, 6.07) is 6.38. The van der Waals surface area contributed by atoms with Crippen molar-refractivity contribution in [2.75, 3.05) is 6.54 Å². The lowest BCUT2D eigenvalue weighted by Crippen LogP contribution is -1.99. The summed E-state index contributed by atoms with van der Waals surface area (Å²) in [5.74, 6) is 0. The zero-order valence-electron chi connectivity index (χ0n) is 10.1. The Balaban J connectivity index is 1.83. The van der Waals surface area contributed by atoms with Crippen LogP contribution in [-0.2, 0) is 24.4 Å². The van der Waals surface area contributed by atoms with Gasteiger partial charge in [0, 0.05) is 12.0 Å². The first-order chi connectivity index (χ1) is 8.86. The van der Waals surface area contributed by atoms with Gasteiger partial charge in [-0.15, -0.1) is 10.2 Å². The SMILES string of the molecule is NCCCc1nnc(-c2ccc3c(c2)COC3)s1. The van der Waals surface area contributed by atoms with E-state index in [1.807, 2.05) is 0 Å². The number of nitrogens with two attached hydrogens (primary N) is 1. The molecule has 0 saturated carbocycles. The van der Waals surface area contributed by atoms with E-state index in [9.17, 15) is 0 Å². The molecule has 18 heavy (non-hydrogen) atoms. The molecule has 94 valence electrons. The van der Waals surface area contributed by atoms with Gasteiger partial charge in [-0.2, -0.15) is 0 Å². The van der Waals surface area contributed by atoms with Crippen LogP contribution in [0.5, 0.6) is 0 Å². The summed E-state index contributed by atoms with van der Waals surface area (Å²) >= 11 is 1.65. The van der Waals surface area contributed by atoms with Gasteiger partial charge in [-0.05, 0) is 30.2 Å². The summed E-state index contributed by atoms with van der Waals surface area (Å²) < 4.78 is 5.42. The van der Waals surface area contributed by atoms with Crippen LogP contribution < -0.4 is 5.73 Å². The second kappa shape index (κ2) is 5.14. The lowest BCUT2D eigenvalue weighted by atomic mass is 10.1. The van der Waals surface area contributed by atoms with E-state index < -0.39 is 0 Å². The van der Waals surface area contributed by atoms with E-state index in [4.69, 9.17) is 10.5 Å². The standard InChI is InChI=1S/C13H15N3OS/c14-5-1-2-12-15-16-13(18-12)9-3-4-10-7-17-8-11(10)6-9/h3-4,6H,1-2,5,7-8,14H2. The van der Waals surface area contributed by atoms with Crippen LogP contribution in [0, 0.1) is 0 Å². The number of hydrogen-bond acceptors (Lipinski definition) is 5. The van der Waals surface area contributed by atoms with Crippen LogP contribution in [0.4, 0.5) is 0 Å². The fraction of sp³-hybridized carbons (Fsp3) is 0.385. The second-order valence-corrected chi connectivity index (χ2v) is 5.43. The molecule has 3 rings (SSSR count). The first-order valence-corrected chi connectivity index (χ1v) is 6.91. The van der Waals surface area contributed by atoms with E-state index in [1.54, 1.807) is 11.3 Å². The van der Waals surface area contributed by atoms with Gasteiger partial charge in [0.2, 0.25) is 0 Å². The third kappa shape index (κ3) is 2.29. The zero-order chi connectivity index (χ0) is 12.4. The number of aryl methyl sites for hydroxylation is 1. The first-order valence-electron chi connectivity index (χ1n) is 6.09. The number of rotatable bonds is 4. The lowest BCUT2D eigenvalue weighted by molar-refractivity contribution is 0.134. The number of aromatic nitrogens is 2. The highest BCUT2D eigenvalue weighted by Gasteiger charge is 2.13. The molecule has 1 aliphatic rings. The Morgan fingerprint density at radius 2 is 2.11 bits per heavy atom. The maximum absolute atomic E-state index is 5.50. The van der Waals surface area contributed by atoms with E-state index in [-0.39, 0.29) is 0 Å². The molecule has 0 fully saturated rings. The van der Waals surface area contributed by atoms with Crippen LogP contribution in [0.3, 0.4) is 0 Å². The molecule has 0 aliphatic carbocycles. The Morgan fingerprint density at radius 3 is 3.00 bits per heavy atom. The molecule has 2 N–H and O–H groups in total. The van der Waals surface area contributed by atoms with Crippen LogP contribution in [0.2, 0.25) is 0 Å². The van der Waals surface area contributed by atoms with Gasteiger partial charge in [-0.1, -0.05) is 23.5 Å². The van der Waals surface area contributed by atoms with Crippen molar-refractivity contribution in [3.05, 3.63) is 34.3 Å². The molecule has 4 nitrogen and oxygen atoms in total. The summed E-state index contributed by atoms with van der Waals surface area (Å²) in [7, 11) is 0. The van der Waals surface area contributed by atoms with Crippen LogP contribution in [0.1, 0.15) is 22.6 Å². The van der Waals surface area contributed by atoms with Crippen LogP contribution in [0.15, 0.2) is 18.2 Å². The maximum Gasteiger partial charge on any atom is 0.147 e. The van der Waals surface area contributed by atoms with Crippen LogP contribution in [-0.4, -0.2) is 16.7 Å². The molecule has 1 aliphatic heterocycles. The van der Waals surface area contributed by atoms with Gasteiger partial charge in [-0.25, -0.2) is 0 Å². The number of nitrogens with zero attached hydrogens (tertiary/aromatic N) is 2. The van der Waals surface area contributed by atoms with E-state index >= 15 is 0 Å². The molecule has 0 radical (unpaired) electrons. The molecule has 0 atom stereocenters. The minimum absolute atomic E-state index is 0.700. The van der Waals surface area contributed by atoms with Gasteiger partial charge >= 0.3 is 0 Å². The molecule has 0 amide bonds. The van der Waals surface area contributed by atoms with Crippen molar-refractivity contribution in [1.82, 2.24) is 10.2 Å². The Labute approximate surface area is 110 Å². The minimum atomic E-state index is 0.700. The molecule has 0 unspecified atom stereocenters. The van der Waals surface area contributed by atoms with Crippen molar-refractivity contribution >= 4 is 11.3 Å². The third-order valence-corrected chi connectivity index (χ3v) is 4.06. The Kier molecular flexibility index (Phi) is 3.36. The van der Waals surface area contributed by atoms with E-state index in [2.05, 4.69) is 28.4 Å². The maximum atomic E-state index is 5.50. The van der Waals surface area contributed by atoms with Crippen molar-refractivity contribution in [1.29, 1.82) is 0 Å². The molecular formula is C13H15N3OS. The van der Waals surface area contributed by atoms with Gasteiger partial charge in [0.05, 0.1) is 13.2 Å². The molecule has 5 heteroatoms. The van der Waals surface area contributed by atoms with E-state index in [0.29, 0.717) is 13.2 Å². The van der Waals surface area contributed by atoms with Gasteiger partial charge in [0.1, 0.15) is 10.0 Å². The Bertz CT molecular complexity index is 553. The second-order valence-electron chi connectivity index (χ2n) is 4.37. The molecular weight excluding hydrogens is 246 g/mol. The molecule has 0 spiro atoms. The van der Waals surface area contributed by atoms with Crippen LogP contribution in [0.25, 0.3) is 10.6 Å². The van der Waals surface area contributed by atoms with Crippen molar-refractivity contribution in [2.24, 2.45) is 5.73 Å². The largest absolute Gasteiger partial charge is 0.372 e. The highest BCUT2D eigenvalue weighted by atomic mass is 32.1. The van der Waals surface area contributed by atoms with Crippen molar-refractivity contribution in [3.63, 3.8) is 0 Å². The predicted molar refractivity (Wildman–Crippen MR) is 71.2 cm³/mol. The molecule has 0 bridgehead atoms. The minimum Gasteiger partial charge on any atom is -0.372 e. The van der Waals surface area contributed by atoms with Gasteiger partial charge in [0.25, 0.3) is 0 Å². The van der Waals surface area contributed by atoms with Gasteiger partial charge < -0.3 is 10.5 Å². The summed E-state index contributed by atoms with van der Waals surface area (Å²) in [5.41, 5.74) is 9.19. The summed E-state index contributed by atoms with van der Waals surface area (Å²) in [5, 5.41) is 10.5. The molecule has 1 aromatic carbocycles. The monoisotopic (exact) mass is 261 g/mol. The number of benzene rings is 1. The average Bonchev–Trinajstić information content (AvgIpc) is 3.04. The molecule has 2 aromatic rings. The summed E-state index contributed by atoms with van der Waals surface area (Å²) in [6.45, 7) is 2.14. The number of ether oxygens (including phenoxy) is 1. The smallest absolute Gasteiger partial charge is 0.147 e. The first kappa shape index (κ1) is 11.8. The van der Waals surface area contributed by atoms with Gasteiger partial charge in [-0.3, -0.25) is 0 Å². The fourth-order valence-corrected chi connectivity index (χ4v) is 2.91. The molecule has 1 aromatic heterocycles. The summed E-state index contributed by atoms with van der Waals surface area (Å²) in [6.07, 6.45) is 1.88. The van der Waals surface area contributed by atoms with Gasteiger partial charge in [0.15, 0.2) is 0 Å². The Hall–Kier alpha value is -1.30. The molecule has 0 saturated heterocycles. The fourth-order valence-electron chi connectivity index (χ4n) is 2.03. The quantitative estimate of drug-likeness (QED) is 0.916. The van der Waals surface area contributed by atoms with Crippen LogP contribution >= 0.6 is 11.3 Å². The predicted octanol–water partition coefficient (Wildman–Crippen LogP) is 2.13. The Morgan fingerprint density at radius 1 is 1.22 bits per heavy atom. The highest BCUT2D eigenvalue weighted by molar-refractivity contribution is 7.14. The van der Waals surface area contributed by atoms with Crippen molar-refractivity contribution in [2.45, 2.75) is 26.1 Å². The normalized spacial score (nSPS) is 13.8. The van der Waals surface area contributed by atoms with E-state index in [1.165, 1.54) is 11.1 Å². The third-order valence-electron chi connectivity index (χ3n) is 3.03. The lowest BCUT2D eigenvalue weighted by Gasteiger charge is -1.99. The highest BCUT2D eigenvalue weighted by Crippen LogP contribution is 2.29. The topological polar surface area (TPSA) is 61.0 Å². The molecule has 2 heterocycles. The number of hydrogen-bond donors (Lipinski definition) is 1. The van der Waals surface area contributed by atoms with E-state index in [0.717, 1.165) is 35.0 Å². The average molecular weight is 261 g/mol. The zero-order valence-corrected chi connectivity index (χ0v) is 10.9.